The van der Waals surface area contributed by atoms with Crippen molar-refractivity contribution >= 4 is 28.8 Å². The third kappa shape index (κ3) is 3.70. The van der Waals surface area contributed by atoms with Gasteiger partial charge in [-0.2, -0.15) is 0 Å². The van der Waals surface area contributed by atoms with Gasteiger partial charge in [0.15, 0.2) is 0 Å². The smallest absolute Gasteiger partial charge is 0.264 e. The minimum atomic E-state index is -2.62. The number of thiophene rings is 1. The topological polar surface area (TPSA) is 40.5 Å². The molecule has 0 fully saturated rings. The molecule has 0 saturated heterocycles. The van der Waals surface area contributed by atoms with Gasteiger partial charge >= 0.3 is 0 Å². The van der Waals surface area contributed by atoms with Gasteiger partial charge in [-0.1, -0.05) is 11.6 Å². The van der Waals surface area contributed by atoms with Gasteiger partial charge in [0.1, 0.15) is 0 Å². The molecule has 1 N–H and O–H groups in total. The lowest BCUT2D eigenvalue weighted by atomic mass is 10.4. The van der Waals surface area contributed by atoms with Crippen molar-refractivity contribution in [1.82, 2.24) is 4.90 Å². The summed E-state index contributed by atoms with van der Waals surface area (Å²) < 4.78 is 24.8. The van der Waals surface area contributed by atoms with E-state index in [9.17, 15) is 13.6 Å². The van der Waals surface area contributed by atoms with Crippen LogP contribution in [0.3, 0.4) is 0 Å². The van der Waals surface area contributed by atoms with Crippen LogP contribution in [0.25, 0.3) is 0 Å². The Morgan fingerprint density at radius 1 is 1.56 bits per heavy atom. The molecule has 3 nitrogen and oxygen atoms in total. The molecule has 0 unspecified atom stereocenters. The molecule has 0 spiro atoms. The lowest BCUT2D eigenvalue weighted by molar-refractivity contribution is 0.0513. The highest BCUT2D eigenvalue weighted by Gasteiger charge is 2.20. The monoisotopic (exact) mass is 269 g/mol. The zero-order chi connectivity index (χ0) is 12.1. The molecule has 0 atom stereocenters. The molecule has 0 aliphatic carbocycles. The van der Waals surface area contributed by atoms with Crippen LogP contribution in [-0.2, 0) is 0 Å². The van der Waals surface area contributed by atoms with Crippen molar-refractivity contribution in [3.8, 4) is 0 Å². The quantitative estimate of drug-likeness (QED) is 0.889. The molecule has 1 heterocycles. The van der Waals surface area contributed by atoms with E-state index in [4.69, 9.17) is 16.7 Å². The number of halogens is 3. The fourth-order valence-corrected chi connectivity index (χ4v) is 2.16. The summed E-state index contributed by atoms with van der Waals surface area (Å²) in [5, 5.41) is 8.69. The summed E-state index contributed by atoms with van der Waals surface area (Å²) in [5.74, 6) is -0.536. The molecule has 90 valence electrons. The summed E-state index contributed by atoms with van der Waals surface area (Å²) in [5.41, 5.74) is 0. The van der Waals surface area contributed by atoms with Gasteiger partial charge in [0.05, 0.1) is 22.4 Å². The number of rotatable bonds is 5. The van der Waals surface area contributed by atoms with Crippen LogP contribution in [-0.4, -0.2) is 42.0 Å². The van der Waals surface area contributed by atoms with Crippen LogP contribution >= 0.6 is 22.9 Å². The highest BCUT2D eigenvalue weighted by Crippen LogP contribution is 2.22. The third-order valence-electron chi connectivity index (χ3n) is 1.80. The molecule has 0 aliphatic rings. The van der Waals surface area contributed by atoms with Crippen LogP contribution in [0.5, 0.6) is 0 Å². The maximum Gasteiger partial charge on any atom is 0.264 e. The van der Waals surface area contributed by atoms with Crippen LogP contribution in [0, 0.1) is 0 Å². The van der Waals surface area contributed by atoms with Gasteiger partial charge in [-0.25, -0.2) is 8.78 Å². The van der Waals surface area contributed by atoms with Crippen molar-refractivity contribution in [1.29, 1.82) is 0 Å². The van der Waals surface area contributed by atoms with E-state index >= 15 is 0 Å². The number of hydrogen-bond donors (Lipinski definition) is 1. The average Bonchev–Trinajstić information content (AvgIpc) is 2.62. The number of aliphatic hydroxyl groups excluding tert-OH is 1. The van der Waals surface area contributed by atoms with E-state index in [0.29, 0.717) is 9.21 Å². The van der Waals surface area contributed by atoms with E-state index in [0.717, 1.165) is 16.2 Å². The van der Waals surface area contributed by atoms with Gasteiger partial charge in [-0.05, 0) is 12.1 Å². The van der Waals surface area contributed by atoms with E-state index in [1.807, 2.05) is 0 Å². The molecule has 0 radical (unpaired) electrons. The average molecular weight is 270 g/mol. The normalized spacial score (nSPS) is 10.8. The predicted octanol–water partition coefficient (Wildman–Crippen LogP) is 2.10. The van der Waals surface area contributed by atoms with E-state index in [2.05, 4.69) is 0 Å². The maximum absolute atomic E-state index is 12.2. The van der Waals surface area contributed by atoms with Crippen molar-refractivity contribution in [3.05, 3.63) is 21.3 Å². The lowest BCUT2D eigenvalue weighted by Gasteiger charge is -2.20. The number of hydrogen-bond acceptors (Lipinski definition) is 3. The SMILES string of the molecule is O=C(c1ccc(Cl)s1)N(CCO)CC(F)F. The van der Waals surface area contributed by atoms with Crippen molar-refractivity contribution in [3.63, 3.8) is 0 Å². The molecular weight excluding hydrogens is 260 g/mol. The second-order valence-corrected chi connectivity index (χ2v) is 4.68. The summed E-state index contributed by atoms with van der Waals surface area (Å²) in [6.07, 6.45) is -2.62. The first-order valence-electron chi connectivity index (χ1n) is 4.48. The summed E-state index contributed by atoms with van der Waals surface area (Å²) in [6.45, 7) is -1.15. The fourth-order valence-electron chi connectivity index (χ4n) is 1.15. The van der Waals surface area contributed by atoms with Gasteiger partial charge in [-0.3, -0.25) is 4.79 Å². The molecule has 1 aromatic rings. The highest BCUT2D eigenvalue weighted by molar-refractivity contribution is 7.17. The van der Waals surface area contributed by atoms with Crippen LogP contribution in [0.2, 0.25) is 4.34 Å². The number of amides is 1. The molecular formula is C9H10ClF2NO2S. The summed E-state index contributed by atoms with van der Waals surface area (Å²) in [7, 11) is 0. The zero-order valence-electron chi connectivity index (χ0n) is 8.20. The first-order chi connectivity index (χ1) is 7.54. The Kier molecular flexibility index (Phi) is 5.11. The van der Waals surface area contributed by atoms with Gasteiger partial charge in [-0.15, -0.1) is 11.3 Å². The second-order valence-electron chi connectivity index (χ2n) is 2.97. The minimum absolute atomic E-state index is 0.112. The number of nitrogens with zero attached hydrogens (tertiary/aromatic N) is 1. The predicted molar refractivity (Wildman–Crippen MR) is 58.3 cm³/mol. The van der Waals surface area contributed by atoms with Crippen LogP contribution in [0.15, 0.2) is 12.1 Å². The van der Waals surface area contributed by atoms with Gasteiger partial charge < -0.3 is 10.0 Å². The standard InChI is InChI=1S/C9H10ClF2NO2S/c10-7-2-1-6(16-7)9(15)13(3-4-14)5-8(11)12/h1-2,8,14H,3-5H2. The Labute approximate surface area is 100 Å². The number of carbonyl (C=O) groups excluding carboxylic acids is 1. The number of carbonyl (C=O) groups is 1. The minimum Gasteiger partial charge on any atom is -0.395 e. The Balaban J connectivity index is 2.74. The van der Waals surface area contributed by atoms with Gasteiger partial charge in [0.25, 0.3) is 12.3 Å². The lowest BCUT2D eigenvalue weighted by Crippen LogP contribution is -2.36. The molecule has 1 rings (SSSR count). The number of aliphatic hydroxyl groups is 1. The largest absolute Gasteiger partial charge is 0.395 e. The van der Waals surface area contributed by atoms with Crippen LogP contribution in [0.4, 0.5) is 8.78 Å². The number of alkyl halides is 2. The Bertz CT molecular complexity index is 359. The van der Waals surface area contributed by atoms with Crippen molar-refractivity contribution in [2.24, 2.45) is 0 Å². The molecule has 0 saturated carbocycles. The first-order valence-corrected chi connectivity index (χ1v) is 5.67. The molecule has 1 amide bonds. The van der Waals surface area contributed by atoms with Crippen molar-refractivity contribution in [2.75, 3.05) is 19.7 Å². The Morgan fingerprint density at radius 2 is 2.25 bits per heavy atom. The maximum atomic E-state index is 12.2. The van der Waals surface area contributed by atoms with Crippen molar-refractivity contribution < 1.29 is 18.7 Å². The molecule has 16 heavy (non-hydrogen) atoms. The molecule has 7 heteroatoms. The summed E-state index contributed by atoms with van der Waals surface area (Å²) in [6, 6.07) is 3.00. The molecule has 0 aromatic carbocycles. The van der Waals surface area contributed by atoms with E-state index in [1.165, 1.54) is 12.1 Å². The highest BCUT2D eigenvalue weighted by atomic mass is 35.5. The van der Waals surface area contributed by atoms with E-state index in [1.54, 1.807) is 0 Å². The van der Waals surface area contributed by atoms with Gasteiger partial charge in [0, 0.05) is 6.54 Å². The third-order valence-corrected chi connectivity index (χ3v) is 3.02. The van der Waals surface area contributed by atoms with Gasteiger partial charge in [0.2, 0.25) is 0 Å². The summed E-state index contributed by atoms with van der Waals surface area (Å²) >= 11 is 6.67. The fraction of sp³-hybridized carbons (Fsp3) is 0.444. The van der Waals surface area contributed by atoms with Crippen LogP contribution in [0.1, 0.15) is 9.67 Å². The molecule has 1 aromatic heterocycles. The Morgan fingerprint density at radius 3 is 2.69 bits per heavy atom. The summed E-state index contributed by atoms with van der Waals surface area (Å²) in [4.78, 5) is 12.9. The van der Waals surface area contributed by atoms with Crippen molar-refractivity contribution in [2.45, 2.75) is 6.43 Å². The molecule has 0 bridgehead atoms. The van der Waals surface area contributed by atoms with E-state index in [-0.39, 0.29) is 13.2 Å². The van der Waals surface area contributed by atoms with Crippen LogP contribution < -0.4 is 0 Å². The first kappa shape index (κ1) is 13.3. The molecule has 0 aliphatic heterocycles. The second kappa shape index (κ2) is 6.12. The Hall–Kier alpha value is -0.720. The van der Waals surface area contributed by atoms with E-state index < -0.39 is 18.9 Å². The zero-order valence-corrected chi connectivity index (χ0v) is 9.77.